The van der Waals surface area contributed by atoms with Crippen LogP contribution in [0.5, 0.6) is 0 Å². The Kier molecular flexibility index (Phi) is 7.45. The van der Waals surface area contributed by atoms with Crippen LogP contribution in [0.2, 0.25) is 0 Å². The van der Waals surface area contributed by atoms with Gasteiger partial charge in [-0.1, -0.05) is 20.3 Å². The summed E-state index contributed by atoms with van der Waals surface area (Å²) in [6, 6.07) is 4.40. The van der Waals surface area contributed by atoms with E-state index in [2.05, 4.69) is 93.8 Å². The zero-order valence-electron chi connectivity index (χ0n) is 9.40. The van der Waals surface area contributed by atoms with Gasteiger partial charge in [0.25, 0.3) is 0 Å². The van der Waals surface area contributed by atoms with Crippen LogP contribution in [0.4, 0.5) is 0 Å². The van der Waals surface area contributed by atoms with Crippen molar-refractivity contribution >= 4 is 67.8 Å². The van der Waals surface area contributed by atoms with Crippen molar-refractivity contribution < 1.29 is 4.74 Å². The SMILES string of the molecule is CCC(C)COCc1cc(I)cc(I)c1I. The second kappa shape index (κ2) is 7.73. The van der Waals surface area contributed by atoms with Gasteiger partial charge in [-0.3, -0.25) is 0 Å². The maximum atomic E-state index is 5.75. The lowest BCUT2D eigenvalue weighted by Gasteiger charge is -2.11. The molecule has 0 aliphatic carbocycles. The van der Waals surface area contributed by atoms with Crippen molar-refractivity contribution in [3.63, 3.8) is 0 Å². The molecule has 0 saturated carbocycles. The highest BCUT2D eigenvalue weighted by Crippen LogP contribution is 2.23. The first-order valence-corrected chi connectivity index (χ1v) is 8.49. The van der Waals surface area contributed by atoms with Gasteiger partial charge in [0.2, 0.25) is 0 Å². The maximum Gasteiger partial charge on any atom is 0.0728 e. The number of hydrogen-bond acceptors (Lipinski definition) is 1. The minimum absolute atomic E-state index is 0.652. The molecule has 1 unspecified atom stereocenters. The molecule has 4 heteroatoms. The van der Waals surface area contributed by atoms with E-state index in [1.54, 1.807) is 0 Å². The highest BCUT2D eigenvalue weighted by molar-refractivity contribution is 14.1. The fraction of sp³-hybridized carbons (Fsp3) is 0.500. The van der Waals surface area contributed by atoms with Crippen LogP contribution in [0.1, 0.15) is 25.8 Å². The Morgan fingerprint density at radius 3 is 2.56 bits per heavy atom. The molecule has 0 heterocycles. The third kappa shape index (κ3) is 4.93. The molecule has 0 aliphatic heterocycles. The van der Waals surface area contributed by atoms with Crippen molar-refractivity contribution in [2.24, 2.45) is 5.92 Å². The van der Waals surface area contributed by atoms with Crippen molar-refractivity contribution in [1.82, 2.24) is 0 Å². The van der Waals surface area contributed by atoms with E-state index in [-0.39, 0.29) is 0 Å². The fourth-order valence-electron chi connectivity index (χ4n) is 1.20. The Hall–Kier alpha value is 1.37. The summed E-state index contributed by atoms with van der Waals surface area (Å²) in [5.41, 5.74) is 1.31. The quantitative estimate of drug-likeness (QED) is 0.364. The number of rotatable bonds is 5. The summed E-state index contributed by atoms with van der Waals surface area (Å²) in [7, 11) is 0. The summed E-state index contributed by atoms with van der Waals surface area (Å²) in [5, 5.41) is 0. The van der Waals surface area contributed by atoms with Gasteiger partial charge in [-0.2, -0.15) is 0 Å². The first-order chi connectivity index (χ1) is 7.54. The molecule has 0 bridgehead atoms. The molecule has 1 atom stereocenters. The molecule has 0 aliphatic rings. The zero-order valence-corrected chi connectivity index (χ0v) is 15.9. The molecule has 1 rings (SSSR count). The lowest BCUT2D eigenvalue weighted by Crippen LogP contribution is -2.06. The van der Waals surface area contributed by atoms with Crippen LogP contribution in [0.3, 0.4) is 0 Å². The molecule has 0 radical (unpaired) electrons. The Bertz CT molecular complexity index is 352. The van der Waals surface area contributed by atoms with Crippen LogP contribution in [0, 0.1) is 16.6 Å². The van der Waals surface area contributed by atoms with Crippen LogP contribution in [0.15, 0.2) is 12.1 Å². The molecule has 16 heavy (non-hydrogen) atoms. The van der Waals surface area contributed by atoms with Crippen LogP contribution in [0.25, 0.3) is 0 Å². The fourth-order valence-corrected chi connectivity index (χ4v) is 3.63. The van der Waals surface area contributed by atoms with E-state index in [1.165, 1.54) is 22.7 Å². The second-order valence-electron chi connectivity index (χ2n) is 3.89. The molecular weight excluding hydrogens is 541 g/mol. The van der Waals surface area contributed by atoms with Gasteiger partial charge in [-0.25, -0.2) is 0 Å². The molecule has 0 spiro atoms. The standard InChI is InChI=1S/C12H15I3O/c1-3-8(2)6-16-7-9-4-10(13)5-11(14)12(9)15/h4-5,8H,3,6-7H2,1-2H3. The van der Waals surface area contributed by atoms with Gasteiger partial charge < -0.3 is 4.74 Å². The zero-order chi connectivity index (χ0) is 12.1. The first kappa shape index (κ1) is 15.4. The third-order valence-corrected chi connectivity index (χ3v) is 6.20. The van der Waals surface area contributed by atoms with Crippen molar-refractivity contribution in [3.05, 3.63) is 28.4 Å². The molecule has 0 N–H and O–H groups in total. The summed E-state index contributed by atoms with van der Waals surface area (Å²) in [5.74, 6) is 0.652. The largest absolute Gasteiger partial charge is 0.376 e. The van der Waals surface area contributed by atoms with Crippen molar-refractivity contribution in [2.45, 2.75) is 26.9 Å². The summed E-state index contributed by atoms with van der Waals surface area (Å²) >= 11 is 7.13. The number of ether oxygens (including phenoxy) is 1. The van der Waals surface area contributed by atoms with Crippen molar-refractivity contribution in [3.8, 4) is 0 Å². The van der Waals surface area contributed by atoms with Gasteiger partial charge in [0.05, 0.1) is 6.61 Å². The number of benzene rings is 1. The minimum atomic E-state index is 0.652. The van der Waals surface area contributed by atoms with E-state index in [9.17, 15) is 0 Å². The molecule has 0 aromatic heterocycles. The lowest BCUT2D eigenvalue weighted by molar-refractivity contribution is 0.0905. The lowest BCUT2D eigenvalue weighted by atomic mass is 10.1. The molecule has 0 amide bonds. The van der Waals surface area contributed by atoms with Crippen molar-refractivity contribution in [1.29, 1.82) is 0 Å². The highest BCUT2D eigenvalue weighted by Gasteiger charge is 2.07. The highest BCUT2D eigenvalue weighted by atomic mass is 127. The molecule has 1 nitrogen and oxygen atoms in total. The molecule has 0 fully saturated rings. The van der Waals surface area contributed by atoms with E-state index in [0.717, 1.165) is 13.2 Å². The molecule has 90 valence electrons. The van der Waals surface area contributed by atoms with E-state index in [0.29, 0.717) is 5.92 Å². The van der Waals surface area contributed by atoms with Crippen molar-refractivity contribution in [2.75, 3.05) is 6.61 Å². The Morgan fingerprint density at radius 1 is 1.25 bits per heavy atom. The van der Waals surface area contributed by atoms with Gasteiger partial charge in [0.1, 0.15) is 0 Å². The summed E-state index contributed by atoms with van der Waals surface area (Å²) in [6.45, 7) is 6.01. The van der Waals surface area contributed by atoms with E-state index >= 15 is 0 Å². The third-order valence-electron chi connectivity index (χ3n) is 2.43. The van der Waals surface area contributed by atoms with Crippen LogP contribution in [-0.2, 0) is 11.3 Å². The van der Waals surface area contributed by atoms with Gasteiger partial charge in [-0.05, 0) is 91.4 Å². The smallest absolute Gasteiger partial charge is 0.0728 e. The second-order valence-corrected chi connectivity index (χ2v) is 7.38. The average molecular weight is 556 g/mol. The molecule has 1 aromatic rings. The topological polar surface area (TPSA) is 9.23 Å². The summed E-state index contributed by atoms with van der Waals surface area (Å²) < 4.78 is 9.67. The average Bonchev–Trinajstić information content (AvgIpc) is 2.24. The molecular formula is C12H15I3O. The van der Waals surface area contributed by atoms with E-state index < -0.39 is 0 Å². The molecule has 0 saturated heterocycles. The van der Waals surface area contributed by atoms with Gasteiger partial charge in [0, 0.05) is 17.3 Å². The van der Waals surface area contributed by atoms with Gasteiger partial charge in [0.15, 0.2) is 0 Å². The van der Waals surface area contributed by atoms with Crippen LogP contribution >= 0.6 is 67.8 Å². The Labute approximate surface area is 139 Å². The first-order valence-electron chi connectivity index (χ1n) is 5.25. The Morgan fingerprint density at radius 2 is 1.94 bits per heavy atom. The number of halogens is 3. The van der Waals surface area contributed by atoms with Gasteiger partial charge >= 0.3 is 0 Å². The normalized spacial score (nSPS) is 12.8. The number of hydrogen-bond donors (Lipinski definition) is 0. The van der Waals surface area contributed by atoms with E-state index in [1.807, 2.05) is 0 Å². The minimum Gasteiger partial charge on any atom is -0.376 e. The van der Waals surface area contributed by atoms with Crippen LogP contribution in [-0.4, -0.2) is 6.61 Å². The van der Waals surface area contributed by atoms with E-state index in [4.69, 9.17) is 4.74 Å². The predicted octanol–water partition coefficient (Wildman–Crippen LogP) is 5.06. The van der Waals surface area contributed by atoms with Gasteiger partial charge in [-0.15, -0.1) is 0 Å². The van der Waals surface area contributed by atoms with Crippen LogP contribution < -0.4 is 0 Å². The monoisotopic (exact) mass is 556 g/mol. The molecule has 1 aromatic carbocycles. The summed E-state index contributed by atoms with van der Waals surface area (Å²) in [6.07, 6.45) is 1.18. The Balaban J connectivity index is 2.60. The predicted molar refractivity (Wildman–Crippen MR) is 93.7 cm³/mol. The maximum absolute atomic E-state index is 5.75. The summed E-state index contributed by atoms with van der Waals surface area (Å²) in [4.78, 5) is 0.